The molecule has 4 saturated carbocycles. The van der Waals surface area contributed by atoms with E-state index in [1.165, 1.54) is 10.7 Å². The van der Waals surface area contributed by atoms with Gasteiger partial charge in [-0.3, -0.25) is 0 Å². The number of amides is 2. The Morgan fingerprint density at radius 3 is 2.30 bits per heavy atom. The van der Waals surface area contributed by atoms with Gasteiger partial charge in [0, 0.05) is 25.0 Å². The lowest BCUT2D eigenvalue weighted by molar-refractivity contribution is -0.203. The molecule has 4 aliphatic carbocycles. The van der Waals surface area contributed by atoms with E-state index in [9.17, 15) is 23.4 Å². The molecule has 2 amide bonds. The Morgan fingerprint density at radius 2 is 1.65 bits per heavy atom. The Kier molecular flexibility index (Phi) is 8.71. The summed E-state index contributed by atoms with van der Waals surface area (Å²) < 4.78 is 34.6. The predicted molar refractivity (Wildman–Crippen MR) is 165 cm³/mol. The van der Waals surface area contributed by atoms with E-state index >= 15 is 0 Å². The Hall–Kier alpha value is -0.940. The summed E-state index contributed by atoms with van der Waals surface area (Å²) in [6, 6.07) is -0.646. The van der Waals surface area contributed by atoms with E-state index in [4.69, 9.17) is 4.74 Å². The van der Waals surface area contributed by atoms with Crippen molar-refractivity contribution >= 4 is 16.2 Å². The summed E-state index contributed by atoms with van der Waals surface area (Å²) in [5.41, 5.74) is 0.500. The molecule has 0 radical (unpaired) electrons. The van der Waals surface area contributed by atoms with Crippen LogP contribution in [0.3, 0.4) is 0 Å². The van der Waals surface area contributed by atoms with Crippen LogP contribution in [-0.2, 0) is 14.9 Å². The van der Waals surface area contributed by atoms with E-state index in [-0.39, 0.29) is 34.4 Å². The van der Waals surface area contributed by atoms with Crippen molar-refractivity contribution < 1.29 is 28.2 Å². The van der Waals surface area contributed by atoms with Crippen LogP contribution in [0.15, 0.2) is 0 Å². The number of rotatable bonds is 7. The Balaban J connectivity index is 1.04. The summed E-state index contributed by atoms with van der Waals surface area (Å²) >= 11 is 0. The fourth-order valence-electron chi connectivity index (χ4n) is 11.6. The minimum Gasteiger partial charge on any atom is -0.393 e. The molecule has 2 saturated heterocycles. The lowest BCUT2D eigenvalue weighted by atomic mass is 9.41. The summed E-state index contributed by atoms with van der Waals surface area (Å²) in [5, 5.41) is 25.3. The Morgan fingerprint density at radius 1 is 0.977 bits per heavy atom. The van der Waals surface area contributed by atoms with Crippen molar-refractivity contribution in [3.05, 3.63) is 0 Å². The normalized spacial score (nSPS) is 44.9. The Labute approximate surface area is 259 Å². The first-order valence-corrected chi connectivity index (χ1v) is 18.8. The second-order valence-corrected chi connectivity index (χ2v) is 17.8. The predicted octanol–water partition coefficient (Wildman–Crippen LogP) is 4.30. The average Bonchev–Trinajstić information content (AvgIpc) is 3.30. The molecule has 2 aliphatic heterocycles. The highest BCUT2D eigenvalue weighted by Crippen LogP contribution is 2.69. The van der Waals surface area contributed by atoms with Crippen molar-refractivity contribution in [2.45, 2.75) is 111 Å². The first-order valence-electron chi connectivity index (χ1n) is 17.3. The van der Waals surface area contributed by atoms with Gasteiger partial charge in [-0.2, -0.15) is 12.7 Å². The average molecular weight is 624 g/mol. The molecule has 0 aromatic carbocycles. The molecule has 6 fully saturated rings. The zero-order valence-electron chi connectivity index (χ0n) is 26.9. The lowest BCUT2D eigenvalue weighted by Gasteiger charge is -2.64. The highest BCUT2D eigenvalue weighted by molar-refractivity contribution is 7.87. The van der Waals surface area contributed by atoms with Gasteiger partial charge in [-0.1, -0.05) is 34.1 Å². The number of nitrogens with one attached hydrogen (secondary N) is 2. The summed E-state index contributed by atoms with van der Waals surface area (Å²) in [5.74, 6) is 2.93. The molecule has 1 spiro atoms. The molecule has 0 aromatic heterocycles. The molecule has 6 rings (SSSR count). The lowest BCUT2D eigenvalue weighted by Crippen LogP contribution is -2.62. The molecule has 246 valence electrons. The van der Waals surface area contributed by atoms with Gasteiger partial charge in [0.25, 0.3) is 0 Å². The number of ether oxygens (including phenoxy) is 1. The van der Waals surface area contributed by atoms with Gasteiger partial charge in [-0.05, 0) is 116 Å². The maximum absolute atomic E-state index is 12.8. The minimum atomic E-state index is -3.86. The van der Waals surface area contributed by atoms with Gasteiger partial charge in [-0.15, -0.1) is 0 Å². The summed E-state index contributed by atoms with van der Waals surface area (Å²) in [7, 11) is -3.86. The van der Waals surface area contributed by atoms with E-state index in [2.05, 4.69) is 37.7 Å². The molecule has 10 heteroatoms. The van der Waals surface area contributed by atoms with Crippen molar-refractivity contribution in [3.63, 3.8) is 0 Å². The third-order valence-electron chi connectivity index (χ3n) is 14.2. The summed E-state index contributed by atoms with van der Waals surface area (Å²) in [4.78, 5) is 12.6. The number of aliphatic hydroxyl groups is 2. The van der Waals surface area contributed by atoms with Crippen molar-refractivity contribution in [1.29, 1.82) is 0 Å². The summed E-state index contributed by atoms with van der Waals surface area (Å²) in [6.45, 7) is 12.2. The van der Waals surface area contributed by atoms with Crippen LogP contribution in [0.4, 0.5) is 4.79 Å². The fraction of sp³-hybridized carbons (Fsp3) is 0.970. The van der Waals surface area contributed by atoms with E-state index in [0.717, 1.165) is 64.2 Å². The monoisotopic (exact) mass is 623 g/mol. The van der Waals surface area contributed by atoms with Crippen molar-refractivity contribution in [1.82, 2.24) is 14.3 Å². The Bertz CT molecular complexity index is 1140. The molecular formula is C33H57N3O6S. The molecule has 4 N–H and O–H groups in total. The highest BCUT2D eigenvalue weighted by Gasteiger charge is 2.64. The molecule has 0 aromatic rings. The number of carbonyl (C=O) groups is 1. The van der Waals surface area contributed by atoms with Gasteiger partial charge in [0.1, 0.15) is 0 Å². The highest BCUT2D eigenvalue weighted by atomic mass is 32.2. The molecule has 11 atom stereocenters. The molecule has 0 unspecified atom stereocenters. The van der Waals surface area contributed by atoms with Crippen LogP contribution in [0, 0.1) is 57.7 Å². The molecule has 6 aliphatic rings. The van der Waals surface area contributed by atoms with Crippen molar-refractivity contribution in [2.24, 2.45) is 57.7 Å². The minimum absolute atomic E-state index is 0.131. The van der Waals surface area contributed by atoms with Gasteiger partial charge in [-0.25, -0.2) is 9.52 Å². The number of hydrogen-bond acceptors (Lipinski definition) is 6. The van der Waals surface area contributed by atoms with Gasteiger partial charge in [0.2, 0.25) is 0 Å². The largest absolute Gasteiger partial charge is 0.393 e. The smallest absolute Gasteiger partial charge is 0.329 e. The molecular weight excluding hydrogens is 566 g/mol. The first-order chi connectivity index (χ1) is 20.3. The number of fused-ring (bicyclic) bond motifs is 5. The van der Waals surface area contributed by atoms with Crippen molar-refractivity contribution in [3.8, 4) is 0 Å². The van der Waals surface area contributed by atoms with E-state index in [0.29, 0.717) is 68.4 Å². The number of urea groups is 1. The van der Waals surface area contributed by atoms with Crippen LogP contribution in [0.5, 0.6) is 0 Å². The van der Waals surface area contributed by atoms with Crippen LogP contribution in [-0.4, -0.2) is 74.0 Å². The maximum atomic E-state index is 12.8. The van der Waals surface area contributed by atoms with Crippen LogP contribution < -0.4 is 10.0 Å². The molecule has 2 heterocycles. The number of hydrogen-bond donors (Lipinski definition) is 4. The van der Waals surface area contributed by atoms with Crippen LogP contribution in [0.2, 0.25) is 0 Å². The van der Waals surface area contributed by atoms with Crippen molar-refractivity contribution in [2.75, 3.05) is 32.8 Å². The van der Waals surface area contributed by atoms with E-state index < -0.39 is 16.2 Å². The summed E-state index contributed by atoms with van der Waals surface area (Å²) in [6.07, 6.45) is 10.2. The van der Waals surface area contributed by atoms with Gasteiger partial charge >= 0.3 is 16.2 Å². The SMILES string of the molecule is CC[C@H]1[C@@H](O)[C@@H]2[C@H](CC[C@]3(C)[C@@H]([C@H](C)CCNC(=O)NS(=O)(=O)N4CCC5(CC4)COC5)CC[C@@H]23)[C@@]2(C)CC[C@@H](O)C[C@@H]12. The second kappa shape index (κ2) is 11.7. The standard InChI is InChI=1S/C33H57N3O6S/c1-5-23-27-18-22(37)8-11-32(27,4)26-9-12-31(3)24(6-7-25(31)28(26)29(23)38)21(2)10-15-34-30(39)35-43(40,41)36-16-13-33(14-17-36)19-42-20-33/h21-29,37-38H,5-20H2,1-4H3,(H2,34,35,39)/t21-,22-,23-,24-,25+,26+,27+,28+,29-,31-,32-/m1/s1. The van der Waals surface area contributed by atoms with Crippen LogP contribution >= 0.6 is 0 Å². The van der Waals surface area contributed by atoms with Gasteiger partial charge < -0.3 is 20.3 Å². The number of piperidine rings is 1. The number of aliphatic hydroxyl groups excluding tert-OH is 2. The third-order valence-corrected chi connectivity index (χ3v) is 15.7. The number of nitrogens with zero attached hydrogens (tertiary/aromatic N) is 1. The molecule has 43 heavy (non-hydrogen) atoms. The zero-order valence-corrected chi connectivity index (χ0v) is 27.7. The zero-order chi connectivity index (χ0) is 30.8. The first kappa shape index (κ1) is 32.0. The van der Waals surface area contributed by atoms with Crippen LogP contribution in [0.1, 0.15) is 98.3 Å². The third kappa shape index (κ3) is 5.47. The maximum Gasteiger partial charge on any atom is 0.329 e. The quantitative estimate of drug-likeness (QED) is 0.335. The topological polar surface area (TPSA) is 128 Å². The fourth-order valence-corrected chi connectivity index (χ4v) is 12.7. The van der Waals surface area contributed by atoms with E-state index in [1.807, 2.05) is 0 Å². The second-order valence-electron chi connectivity index (χ2n) is 16.1. The van der Waals surface area contributed by atoms with Gasteiger partial charge in [0.05, 0.1) is 25.4 Å². The van der Waals surface area contributed by atoms with Crippen LogP contribution in [0.25, 0.3) is 0 Å². The molecule has 0 bridgehead atoms. The molecule has 9 nitrogen and oxygen atoms in total. The van der Waals surface area contributed by atoms with Gasteiger partial charge in [0.15, 0.2) is 0 Å². The van der Waals surface area contributed by atoms with E-state index in [1.54, 1.807) is 0 Å². The number of carbonyl (C=O) groups excluding carboxylic acids is 1.